The van der Waals surface area contributed by atoms with Gasteiger partial charge in [0.1, 0.15) is 4.90 Å². The Labute approximate surface area is 172 Å². The van der Waals surface area contributed by atoms with E-state index < -0.39 is 15.9 Å². The molecule has 2 aromatic carbocycles. The van der Waals surface area contributed by atoms with Gasteiger partial charge in [-0.05, 0) is 52.5 Å². The average Bonchev–Trinajstić information content (AvgIpc) is 3.50. The summed E-state index contributed by atoms with van der Waals surface area (Å²) in [6.45, 7) is 0.201. The molecule has 0 spiro atoms. The lowest BCUT2D eigenvalue weighted by Gasteiger charge is -2.23. The molecule has 1 amide bonds. The second-order valence-electron chi connectivity index (χ2n) is 6.48. The molecule has 1 saturated carbocycles. The number of ether oxygens (including phenoxy) is 2. The average molecular weight is 469 g/mol. The number of rotatable bonds is 8. The zero-order valence-electron chi connectivity index (χ0n) is 15.5. The minimum Gasteiger partial charge on any atom is -0.493 e. The number of sulfonamides is 1. The van der Waals surface area contributed by atoms with Crippen LogP contribution in [0, 0.1) is 0 Å². The first-order valence-electron chi connectivity index (χ1n) is 8.60. The van der Waals surface area contributed by atoms with Crippen LogP contribution in [-0.4, -0.2) is 38.9 Å². The fourth-order valence-electron chi connectivity index (χ4n) is 2.89. The predicted octanol–water partition coefficient (Wildman–Crippen LogP) is 2.92. The lowest BCUT2D eigenvalue weighted by atomic mass is 10.1. The van der Waals surface area contributed by atoms with Gasteiger partial charge in [-0.15, -0.1) is 0 Å². The number of nitrogens with two attached hydrogens (primary N) is 1. The summed E-state index contributed by atoms with van der Waals surface area (Å²) < 4.78 is 39.2. The molecule has 0 atom stereocenters. The standard InChI is InChI=1S/C19H21BrN2O5S/c1-26-16-9-15(20)18(10-17(16)27-2)28(24,25)22(14-7-8-14)11-12-3-5-13(6-4-12)19(21)23/h3-6,9-10,14H,7-8,11H2,1-2H3,(H2,21,23). The van der Waals surface area contributed by atoms with Gasteiger partial charge in [-0.3, -0.25) is 4.79 Å². The Morgan fingerprint density at radius 1 is 1.14 bits per heavy atom. The predicted molar refractivity (Wildman–Crippen MR) is 108 cm³/mol. The molecule has 0 heterocycles. The minimum atomic E-state index is -3.79. The van der Waals surface area contributed by atoms with Crippen molar-refractivity contribution < 1.29 is 22.7 Å². The van der Waals surface area contributed by atoms with E-state index in [1.807, 2.05) is 0 Å². The monoisotopic (exact) mass is 468 g/mol. The summed E-state index contributed by atoms with van der Waals surface area (Å²) in [4.78, 5) is 11.4. The summed E-state index contributed by atoms with van der Waals surface area (Å²) in [6, 6.07) is 9.62. The fraction of sp³-hybridized carbons (Fsp3) is 0.316. The third-order valence-corrected chi connectivity index (χ3v) is 7.41. The van der Waals surface area contributed by atoms with Gasteiger partial charge < -0.3 is 15.2 Å². The smallest absolute Gasteiger partial charge is 0.248 e. The number of halogens is 1. The van der Waals surface area contributed by atoms with Crippen LogP contribution >= 0.6 is 15.9 Å². The van der Waals surface area contributed by atoms with Gasteiger partial charge in [0.25, 0.3) is 0 Å². The molecular weight excluding hydrogens is 448 g/mol. The zero-order valence-corrected chi connectivity index (χ0v) is 17.9. The van der Waals surface area contributed by atoms with Crippen LogP contribution in [0.3, 0.4) is 0 Å². The first-order chi connectivity index (χ1) is 13.3. The van der Waals surface area contributed by atoms with Gasteiger partial charge in [-0.1, -0.05) is 12.1 Å². The van der Waals surface area contributed by atoms with Crippen molar-refractivity contribution in [2.75, 3.05) is 14.2 Å². The molecule has 3 rings (SSSR count). The second kappa shape index (κ2) is 8.10. The van der Waals surface area contributed by atoms with Gasteiger partial charge in [0.05, 0.1) is 14.2 Å². The Hall–Kier alpha value is -2.10. The van der Waals surface area contributed by atoms with Crippen LogP contribution in [0.5, 0.6) is 11.5 Å². The molecule has 150 valence electrons. The quantitative estimate of drug-likeness (QED) is 0.641. The molecule has 9 heteroatoms. The number of methoxy groups -OCH3 is 2. The van der Waals surface area contributed by atoms with Crippen LogP contribution in [0.25, 0.3) is 0 Å². The fourth-order valence-corrected chi connectivity index (χ4v) is 5.56. The highest BCUT2D eigenvalue weighted by Crippen LogP contribution is 2.40. The molecule has 0 aliphatic heterocycles. The second-order valence-corrected chi connectivity index (χ2v) is 9.19. The molecule has 2 aromatic rings. The molecule has 2 N–H and O–H groups in total. The molecule has 0 saturated heterocycles. The van der Waals surface area contributed by atoms with E-state index in [1.54, 1.807) is 30.3 Å². The minimum absolute atomic E-state index is 0.0548. The lowest BCUT2D eigenvalue weighted by molar-refractivity contribution is 0.1000. The molecule has 0 bridgehead atoms. The number of carbonyl (C=O) groups excluding carboxylic acids is 1. The van der Waals surface area contributed by atoms with E-state index in [-0.39, 0.29) is 17.5 Å². The first-order valence-corrected chi connectivity index (χ1v) is 10.8. The maximum atomic E-state index is 13.4. The highest BCUT2D eigenvalue weighted by Gasteiger charge is 2.39. The maximum Gasteiger partial charge on any atom is 0.248 e. The summed E-state index contributed by atoms with van der Waals surface area (Å²) >= 11 is 3.34. The van der Waals surface area contributed by atoms with Gasteiger partial charge in [-0.2, -0.15) is 4.31 Å². The molecule has 28 heavy (non-hydrogen) atoms. The van der Waals surface area contributed by atoms with E-state index in [2.05, 4.69) is 15.9 Å². The van der Waals surface area contributed by atoms with E-state index >= 15 is 0 Å². The van der Waals surface area contributed by atoms with Gasteiger partial charge >= 0.3 is 0 Å². The summed E-state index contributed by atoms with van der Waals surface area (Å²) in [5.41, 5.74) is 6.42. The van der Waals surface area contributed by atoms with E-state index in [0.717, 1.165) is 18.4 Å². The zero-order chi connectivity index (χ0) is 20.5. The molecule has 0 unspecified atom stereocenters. The van der Waals surface area contributed by atoms with Crippen molar-refractivity contribution in [3.8, 4) is 11.5 Å². The number of nitrogens with zero attached hydrogens (tertiary/aromatic N) is 1. The number of primary amides is 1. The van der Waals surface area contributed by atoms with E-state index in [0.29, 0.717) is 21.5 Å². The normalized spacial score (nSPS) is 14.1. The summed E-state index contributed by atoms with van der Waals surface area (Å²) in [6.07, 6.45) is 1.62. The van der Waals surface area contributed by atoms with Crippen LogP contribution in [0.4, 0.5) is 0 Å². The molecule has 0 aromatic heterocycles. The Morgan fingerprint density at radius 2 is 1.71 bits per heavy atom. The van der Waals surface area contributed by atoms with Crippen molar-refractivity contribution in [3.63, 3.8) is 0 Å². The highest BCUT2D eigenvalue weighted by atomic mass is 79.9. The molecule has 1 aliphatic carbocycles. The molecule has 1 fully saturated rings. The number of hydrogen-bond acceptors (Lipinski definition) is 5. The van der Waals surface area contributed by atoms with Crippen molar-refractivity contribution >= 4 is 31.9 Å². The maximum absolute atomic E-state index is 13.4. The number of benzene rings is 2. The summed E-state index contributed by atoms with van der Waals surface area (Å²) in [5.74, 6) is 0.256. The van der Waals surface area contributed by atoms with Crippen LogP contribution in [0.2, 0.25) is 0 Å². The third kappa shape index (κ3) is 4.16. The topological polar surface area (TPSA) is 98.9 Å². The van der Waals surface area contributed by atoms with E-state index in [4.69, 9.17) is 15.2 Å². The Balaban J connectivity index is 1.96. The van der Waals surface area contributed by atoms with Crippen LogP contribution < -0.4 is 15.2 Å². The molecule has 1 aliphatic rings. The van der Waals surface area contributed by atoms with Crippen molar-refractivity contribution in [2.45, 2.75) is 30.3 Å². The van der Waals surface area contributed by atoms with Crippen LogP contribution in [0.15, 0.2) is 45.8 Å². The van der Waals surface area contributed by atoms with Gasteiger partial charge in [-0.25, -0.2) is 8.42 Å². The summed E-state index contributed by atoms with van der Waals surface area (Å²) in [5, 5.41) is 0. The van der Waals surface area contributed by atoms with Crippen molar-refractivity contribution in [1.82, 2.24) is 4.31 Å². The molecule has 0 radical (unpaired) electrons. The van der Waals surface area contributed by atoms with Gasteiger partial charge in [0.2, 0.25) is 15.9 Å². The Bertz CT molecular complexity index is 988. The third-order valence-electron chi connectivity index (χ3n) is 4.56. The first kappa shape index (κ1) is 20.6. The number of amides is 1. The van der Waals surface area contributed by atoms with E-state index in [1.165, 1.54) is 24.6 Å². The van der Waals surface area contributed by atoms with Crippen molar-refractivity contribution in [3.05, 3.63) is 52.0 Å². The largest absolute Gasteiger partial charge is 0.493 e. The van der Waals surface area contributed by atoms with Crippen LogP contribution in [0.1, 0.15) is 28.8 Å². The van der Waals surface area contributed by atoms with Crippen LogP contribution in [-0.2, 0) is 16.6 Å². The molecule has 7 nitrogen and oxygen atoms in total. The molecular formula is C19H21BrN2O5S. The number of carbonyl (C=O) groups is 1. The number of hydrogen-bond donors (Lipinski definition) is 1. The van der Waals surface area contributed by atoms with Gasteiger partial charge in [0.15, 0.2) is 11.5 Å². The van der Waals surface area contributed by atoms with Crippen molar-refractivity contribution in [2.24, 2.45) is 5.73 Å². The van der Waals surface area contributed by atoms with Crippen molar-refractivity contribution in [1.29, 1.82) is 0 Å². The lowest BCUT2D eigenvalue weighted by Crippen LogP contribution is -2.33. The highest BCUT2D eigenvalue weighted by molar-refractivity contribution is 9.10. The summed E-state index contributed by atoms with van der Waals surface area (Å²) in [7, 11) is -0.841. The SMILES string of the molecule is COc1cc(Br)c(S(=O)(=O)N(Cc2ccc(C(N)=O)cc2)C2CC2)cc1OC. The Morgan fingerprint density at radius 3 is 2.21 bits per heavy atom. The van der Waals surface area contributed by atoms with Gasteiger partial charge in [0, 0.05) is 28.7 Å². The Kier molecular flexibility index (Phi) is 5.97. The van der Waals surface area contributed by atoms with E-state index in [9.17, 15) is 13.2 Å².